The van der Waals surface area contributed by atoms with Crippen LogP contribution in [0.3, 0.4) is 0 Å². The lowest BCUT2D eigenvalue weighted by Gasteiger charge is -2.25. The fourth-order valence-electron chi connectivity index (χ4n) is 5.38. The van der Waals surface area contributed by atoms with Gasteiger partial charge in [-0.3, -0.25) is 9.10 Å². The molecule has 0 atom stereocenters. The van der Waals surface area contributed by atoms with Crippen LogP contribution >= 0.6 is 0 Å². The number of unbranched alkanes of at least 4 members (excludes halogenated alkanes) is 1. The van der Waals surface area contributed by atoms with Crippen molar-refractivity contribution in [2.75, 3.05) is 44.5 Å². The Bertz CT molecular complexity index is 1780. The molecule has 1 aliphatic carbocycles. The van der Waals surface area contributed by atoms with Gasteiger partial charge in [-0.25, -0.2) is 17.6 Å². The summed E-state index contributed by atoms with van der Waals surface area (Å²) in [5, 5.41) is 3.25. The maximum absolute atomic E-state index is 13.6. The molecule has 0 bridgehead atoms. The first kappa shape index (κ1) is 32.2. The van der Waals surface area contributed by atoms with Gasteiger partial charge in [-0.15, -0.1) is 0 Å². The Balaban J connectivity index is 1.31. The van der Waals surface area contributed by atoms with Gasteiger partial charge in [-0.2, -0.15) is 0 Å². The van der Waals surface area contributed by atoms with E-state index >= 15 is 0 Å². The number of carbonyl (C=O) groups is 2. The van der Waals surface area contributed by atoms with Gasteiger partial charge in [0.25, 0.3) is 5.91 Å². The fraction of sp³-hybridized carbons (Fsp3) is 0.353. The van der Waals surface area contributed by atoms with E-state index < -0.39 is 15.8 Å². The standard InChI is InChI=1S/C34H37FN2O7S/c1-36-33(38)31-28-20-27(23-10-11-23)29(21-30(28)44-32(31)24-12-14-26(35)15-13-24)37(45(3,40)41)17-4-5-18-43-19-16-22-6-8-25(9-7-22)34(39)42-2/h6-9,12-15,20-21,23H,4-5,10-11,16-19H2,1-3H3,(H,36,38). The number of amides is 1. The number of carbonyl (C=O) groups excluding carboxylic acids is 2. The second-order valence-electron chi connectivity index (χ2n) is 11.2. The third-order valence-electron chi connectivity index (χ3n) is 7.89. The van der Waals surface area contributed by atoms with E-state index in [0.29, 0.717) is 71.6 Å². The Hall–Kier alpha value is -4.22. The number of hydrogen-bond acceptors (Lipinski definition) is 7. The highest BCUT2D eigenvalue weighted by atomic mass is 32.2. The van der Waals surface area contributed by atoms with Crippen LogP contribution < -0.4 is 9.62 Å². The van der Waals surface area contributed by atoms with Crippen molar-refractivity contribution in [1.82, 2.24) is 5.32 Å². The van der Waals surface area contributed by atoms with Crippen molar-refractivity contribution in [2.24, 2.45) is 0 Å². The molecule has 1 amide bonds. The maximum Gasteiger partial charge on any atom is 0.337 e. The maximum atomic E-state index is 13.6. The van der Waals surface area contributed by atoms with Crippen LogP contribution in [0.1, 0.15) is 63.4 Å². The molecule has 1 saturated carbocycles. The van der Waals surface area contributed by atoms with Gasteiger partial charge in [0, 0.05) is 37.2 Å². The molecule has 0 saturated heterocycles. The van der Waals surface area contributed by atoms with Crippen molar-refractivity contribution in [1.29, 1.82) is 0 Å². The summed E-state index contributed by atoms with van der Waals surface area (Å²) in [6.07, 6.45) is 4.96. The Labute approximate surface area is 262 Å². The average molecular weight is 637 g/mol. The molecule has 1 fully saturated rings. The van der Waals surface area contributed by atoms with E-state index in [1.807, 2.05) is 18.2 Å². The summed E-state index contributed by atoms with van der Waals surface area (Å²) in [5.41, 5.74) is 4.19. The summed E-state index contributed by atoms with van der Waals surface area (Å²) >= 11 is 0. The Kier molecular flexibility index (Phi) is 9.89. The third kappa shape index (κ3) is 7.54. The highest BCUT2D eigenvalue weighted by Crippen LogP contribution is 2.48. The number of nitrogens with zero attached hydrogens (tertiary/aromatic N) is 1. The molecule has 0 aliphatic heterocycles. The number of methoxy groups -OCH3 is 1. The normalized spacial score (nSPS) is 13.2. The minimum absolute atomic E-state index is 0.181. The number of furan rings is 1. The van der Waals surface area contributed by atoms with Gasteiger partial charge in [0.2, 0.25) is 10.0 Å². The Morgan fingerprint density at radius 2 is 1.73 bits per heavy atom. The van der Waals surface area contributed by atoms with Crippen molar-refractivity contribution in [3.8, 4) is 11.3 Å². The lowest BCUT2D eigenvalue weighted by atomic mass is 10.0. The minimum atomic E-state index is -3.64. The predicted octanol–water partition coefficient (Wildman–Crippen LogP) is 6.07. The lowest BCUT2D eigenvalue weighted by molar-refractivity contribution is 0.0600. The van der Waals surface area contributed by atoms with Gasteiger partial charge < -0.3 is 19.2 Å². The number of ether oxygens (including phenoxy) is 2. The number of anilines is 1. The highest BCUT2D eigenvalue weighted by molar-refractivity contribution is 7.92. The molecular formula is C34H37FN2O7S. The van der Waals surface area contributed by atoms with E-state index in [9.17, 15) is 22.4 Å². The summed E-state index contributed by atoms with van der Waals surface area (Å²) in [6.45, 7) is 1.23. The Morgan fingerprint density at radius 1 is 1.02 bits per heavy atom. The molecule has 3 aromatic carbocycles. The van der Waals surface area contributed by atoms with Crippen LogP contribution in [0.2, 0.25) is 0 Å². The van der Waals surface area contributed by atoms with Crippen molar-refractivity contribution in [3.63, 3.8) is 0 Å². The van der Waals surface area contributed by atoms with Crippen LogP contribution in [-0.4, -0.2) is 60.5 Å². The van der Waals surface area contributed by atoms with Crippen molar-refractivity contribution < 1.29 is 36.3 Å². The minimum Gasteiger partial charge on any atom is -0.465 e. The molecule has 1 aromatic heterocycles. The van der Waals surface area contributed by atoms with E-state index in [1.54, 1.807) is 30.3 Å². The zero-order valence-corrected chi connectivity index (χ0v) is 26.4. The van der Waals surface area contributed by atoms with Crippen molar-refractivity contribution >= 4 is 38.6 Å². The second kappa shape index (κ2) is 13.8. The van der Waals surface area contributed by atoms with Gasteiger partial charge >= 0.3 is 5.97 Å². The van der Waals surface area contributed by atoms with Crippen molar-refractivity contribution in [2.45, 2.75) is 38.0 Å². The molecule has 0 spiro atoms. The number of fused-ring (bicyclic) bond motifs is 1. The predicted molar refractivity (Wildman–Crippen MR) is 171 cm³/mol. The zero-order valence-electron chi connectivity index (χ0n) is 25.6. The number of rotatable bonds is 14. The van der Waals surface area contributed by atoms with Crippen LogP contribution in [0, 0.1) is 5.82 Å². The zero-order chi connectivity index (χ0) is 32.1. The first-order valence-corrected chi connectivity index (χ1v) is 16.8. The molecule has 1 N–H and O–H groups in total. The average Bonchev–Trinajstić information content (AvgIpc) is 3.81. The largest absolute Gasteiger partial charge is 0.465 e. The van der Waals surface area contributed by atoms with Crippen molar-refractivity contribution in [3.05, 3.63) is 88.7 Å². The quantitative estimate of drug-likeness (QED) is 0.132. The lowest BCUT2D eigenvalue weighted by Crippen LogP contribution is -2.32. The van der Waals surface area contributed by atoms with Gasteiger partial charge in [0.1, 0.15) is 17.2 Å². The van der Waals surface area contributed by atoms with Gasteiger partial charge in [-0.05, 0) is 91.6 Å². The molecule has 1 aliphatic rings. The smallest absolute Gasteiger partial charge is 0.337 e. The molecule has 0 unspecified atom stereocenters. The molecule has 45 heavy (non-hydrogen) atoms. The molecule has 4 aromatic rings. The summed E-state index contributed by atoms with van der Waals surface area (Å²) in [6, 6.07) is 16.5. The number of hydrogen-bond donors (Lipinski definition) is 1. The van der Waals surface area contributed by atoms with Crippen LogP contribution in [0.25, 0.3) is 22.3 Å². The summed E-state index contributed by atoms with van der Waals surface area (Å²) in [5.74, 6) is -0.653. The number of sulfonamides is 1. The SMILES string of the molecule is CNC(=O)c1c(-c2ccc(F)cc2)oc2cc(N(CCCCOCCc3ccc(C(=O)OC)cc3)S(C)(=O)=O)c(C3CC3)cc12. The van der Waals surface area contributed by atoms with Gasteiger partial charge in [-0.1, -0.05) is 12.1 Å². The first-order chi connectivity index (χ1) is 21.6. The van der Waals surface area contributed by atoms with E-state index in [1.165, 1.54) is 36.9 Å². The Morgan fingerprint density at radius 3 is 2.36 bits per heavy atom. The van der Waals surface area contributed by atoms with E-state index in [0.717, 1.165) is 24.0 Å². The van der Waals surface area contributed by atoms with Crippen LogP contribution in [-0.2, 0) is 25.9 Å². The highest BCUT2D eigenvalue weighted by Gasteiger charge is 2.33. The fourth-order valence-corrected chi connectivity index (χ4v) is 6.36. The molecule has 9 nitrogen and oxygen atoms in total. The number of benzene rings is 3. The number of halogens is 1. The molecule has 0 radical (unpaired) electrons. The molecule has 11 heteroatoms. The summed E-state index contributed by atoms with van der Waals surface area (Å²) in [7, 11) is -0.765. The monoisotopic (exact) mass is 636 g/mol. The molecule has 238 valence electrons. The van der Waals surface area contributed by atoms with E-state index in [-0.39, 0.29) is 24.3 Å². The summed E-state index contributed by atoms with van der Waals surface area (Å²) < 4.78 is 58.0. The van der Waals surface area contributed by atoms with E-state index in [2.05, 4.69) is 5.32 Å². The van der Waals surface area contributed by atoms with Gasteiger partial charge in [0.15, 0.2) is 0 Å². The third-order valence-corrected chi connectivity index (χ3v) is 9.07. The number of nitrogens with one attached hydrogen (secondary N) is 1. The van der Waals surface area contributed by atoms with E-state index in [4.69, 9.17) is 13.9 Å². The van der Waals surface area contributed by atoms with Crippen LogP contribution in [0.15, 0.2) is 65.1 Å². The first-order valence-electron chi connectivity index (χ1n) is 14.9. The molecule has 5 rings (SSSR count). The molecule has 1 heterocycles. The second-order valence-corrected chi connectivity index (χ2v) is 13.1. The topological polar surface area (TPSA) is 115 Å². The van der Waals surface area contributed by atoms with Crippen LogP contribution in [0.4, 0.5) is 10.1 Å². The molecular weight excluding hydrogens is 599 g/mol. The number of esters is 1. The summed E-state index contributed by atoms with van der Waals surface area (Å²) in [4.78, 5) is 24.6. The van der Waals surface area contributed by atoms with Crippen LogP contribution in [0.5, 0.6) is 0 Å². The van der Waals surface area contributed by atoms with Gasteiger partial charge in [0.05, 0.1) is 36.8 Å².